The van der Waals surface area contributed by atoms with Gasteiger partial charge in [0.25, 0.3) is 5.91 Å². The lowest BCUT2D eigenvalue weighted by atomic mass is 10.1. The minimum Gasteiger partial charge on any atom is -0.349 e. The van der Waals surface area contributed by atoms with E-state index in [9.17, 15) is 17.6 Å². The molecule has 7 heteroatoms. The highest BCUT2D eigenvalue weighted by Crippen LogP contribution is 2.16. The van der Waals surface area contributed by atoms with Gasteiger partial charge in [-0.15, -0.1) is 0 Å². The van der Waals surface area contributed by atoms with E-state index in [0.717, 1.165) is 0 Å². The molecule has 22 heavy (non-hydrogen) atoms. The minimum absolute atomic E-state index is 0.0798. The van der Waals surface area contributed by atoms with E-state index < -0.39 is 15.8 Å². The monoisotopic (exact) mass is 328 g/mol. The van der Waals surface area contributed by atoms with Gasteiger partial charge in [-0.1, -0.05) is 13.0 Å². The molecule has 0 unspecified atom stereocenters. The highest BCUT2D eigenvalue weighted by atomic mass is 32.2. The first-order valence-corrected chi connectivity index (χ1v) is 9.07. The Morgan fingerprint density at radius 2 is 2.05 bits per heavy atom. The fraction of sp³-hybridized carbons (Fsp3) is 0.533. The van der Waals surface area contributed by atoms with Crippen molar-refractivity contribution in [3.05, 3.63) is 35.6 Å². The van der Waals surface area contributed by atoms with Crippen LogP contribution in [0.3, 0.4) is 0 Å². The van der Waals surface area contributed by atoms with Crippen molar-refractivity contribution in [3.8, 4) is 0 Å². The molecule has 0 spiro atoms. The third-order valence-electron chi connectivity index (χ3n) is 3.73. The van der Waals surface area contributed by atoms with Gasteiger partial charge in [0.2, 0.25) is 10.0 Å². The van der Waals surface area contributed by atoms with Crippen molar-refractivity contribution in [1.82, 2.24) is 9.62 Å². The van der Waals surface area contributed by atoms with Crippen molar-refractivity contribution >= 4 is 15.9 Å². The van der Waals surface area contributed by atoms with Crippen LogP contribution in [0.15, 0.2) is 24.3 Å². The van der Waals surface area contributed by atoms with Crippen LogP contribution >= 0.6 is 0 Å². The van der Waals surface area contributed by atoms with Gasteiger partial charge in [0, 0.05) is 24.7 Å². The number of rotatable bonds is 5. The van der Waals surface area contributed by atoms with Crippen molar-refractivity contribution in [2.75, 3.05) is 18.8 Å². The Labute approximate surface area is 130 Å². The number of hydrogen-bond donors (Lipinski definition) is 1. The number of nitrogens with one attached hydrogen (secondary N) is 1. The average molecular weight is 328 g/mol. The molecule has 1 heterocycles. The normalized spacial score (nSPS) is 17.4. The predicted molar refractivity (Wildman–Crippen MR) is 82.5 cm³/mol. The van der Waals surface area contributed by atoms with Crippen molar-refractivity contribution in [2.24, 2.45) is 0 Å². The number of carbonyl (C=O) groups is 1. The van der Waals surface area contributed by atoms with Gasteiger partial charge < -0.3 is 5.32 Å². The van der Waals surface area contributed by atoms with Gasteiger partial charge >= 0.3 is 0 Å². The Hall–Kier alpha value is -1.47. The molecule has 0 saturated carbocycles. The first-order chi connectivity index (χ1) is 10.4. The van der Waals surface area contributed by atoms with Crippen LogP contribution in [0.5, 0.6) is 0 Å². The van der Waals surface area contributed by atoms with Crippen molar-refractivity contribution in [1.29, 1.82) is 0 Å². The van der Waals surface area contributed by atoms with E-state index in [2.05, 4.69) is 5.32 Å². The molecule has 1 N–H and O–H groups in total. The molecular formula is C15H21FN2O3S. The van der Waals surface area contributed by atoms with E-state index in [1.54, 1.807) is 6.07 Å². The molecule has 0 aliphatic carbocycles. The zero-order chi connectivity index (χ0) is 16.2. The second kappa shape index (κ2) is 7.19. The van der Waals surface area contributed by atoms with Gasteiger partial charge in [0.05, 0.1) is 5.75 Å². The molecule has 0 radical (unpaired) electrons. The van der Waals surface area contributed by atoms with Crippen LogP contribution in [0.1, 0.15) is 36.5 Å². The Morgan fingerprint density at radius 3 is 2.64 bits per heavy atom. The van der Waals surface area contributed by atoms with Crippen LogP contribution in [0.25, 0.3) is 0 Å². The van der Waals surface area contributed by atoms with Crippen LogP contribution in [0.4, 0.5) is 4.39 Å². The van der Waals surface area contributed by atoms with E-state index in [1.807, 2.05) is 6.92 Å². The maximum Gasteiger partial charge on any atom is 0.251 e. The van der Waals surface area contributed by atoms with Crippen LogP contribution in [-0.4, -0.2) is 43.5 Å². The van der Waals surface area contributed by atoms with Crippen LogP contribution in [0, 0.1) is 5.82 Å². The smallest absolute Gasteiger partial charge is 0.251 e. The maximum atomic E-state index is 13.1. The molecule has 0 aromatic heterocycles. The topological polar surface area (TPSA) is 66.5 Å². The number of nitrogens with zero attached hydrogens (tertiary/aromatic N) is 1. The summed E-state index contributed by atoms with van der Waals surface area (Å²) >= 11 is 0. The molecule has 1 aliphatic rings. The van der Waals surface area contributed by atoms with E-state index in [-0.39, 0.29) is 23.3 Å². The van der Waals surface area contributed by atoms with Gasteiger partial charge in [0.15, 0.2) is 0 Å². The Kier molecular flexibility index (Phi) is 5.52. The number of piperidine rings is 1. The van der Waals surface area contributed by atoms with Crippen LogP contribution in [0.2, 0.25) is 0 Å². The Balaban J connectivity index is 1.89. The molecule has 1 amide bonds. The summed E-state index contributed by atoms with van der Waals surface area (Å²) in [4.78, 5) is 12.0. The second-order valence-corrected chi connectivity index (χ2v) is 7.56. The quantitative estimate of drug-likeness (QED) is 0.896. The summed E-state index contributed by atoms with van der Waals surface area (Å²) < 4.78 is 38.5. The summed E-state index contributed by atoms with van der Waals surface area (Å²) in [6, 6.07) is 5.44. The predicted octanol–water partition coefficient (Wildman–Crippen LogP) is 1.76. The van der Waals surface area contributed by atoms with Crippen molar-refractivity contribution in [3.63, 3.8) is 0 Å². The van der Waals surface area contributed by atoms with Gasteiger partial charge in [0.1, 0.15) is 5.82 Å². The molecule has 0 atom stereocenters. The van der Waals surface area contributed by atoms with Crippen molar-refractivity contribution in [2.45, 2.75) is 32.2 Å². The summed E-state index contributed by atoms with van der Waals surface area (Å²) in [7, 11) is -3.17. The number of sulfonamides is 1. The molecule has 1 aromatic rings. The molecule has 1 aromatic carbocycles. The third-order valence-corrected chi connectivity index (χ3v) is 5.81. The van der Waals surface area contributed by atoms with E-state index >= 15 is 0 Å². The van der Waals surface area contributed by atoms with Crippen LogP contribution < -0.4 is 5.32 Å². The lowest BCUT2D eigenvalue weighted by Crippen LogP contribution is -2.47. The SMILES string of the molecule is CCCS(=O)(=O)N1CCC(NC(=O)c2cccc(F)c2)CC1. The van der Waals surface area contributed by atoms with E-state index in [1.165, 1.54) is 22.5 Å². The van der Waals surface area contributed by atoms with Crippen LogP contribution in [-0.2, 0) is 10.0 Å². The Bertz CT molecular complexity index is 625. The molecule has 1 saturated heterocycles. The summed E-state index contributed by atoms with van der Waals surface area (Å²) in [5.74, 6) is -0.615. The molecular weight excluding hydrogens is 307 g/mol. The summed E-state index contributed by atoms with van der Waals surface area (Å²) in [6.07, 6.45) is 1.74. The fourth-order valence-electron chi connectivity index (χ4n) is 2.56. The van der Waals surface area contributed by atoms with Gasteiger partial charge in [-0.3, -0.25) is 4.79 Å². The second-order valence-electron chi connectivity index (χ2n) is 5.47. The summed E-state index contributed by atoms with van der Waals surface area (Å²) in [6.45, 7) is 2.66. The number of hydrogen-bond acceptors (Lipinski definition) is 3. The molecule has 0 bridgehead atoms. The third kappa shape index (κ3) is 4.27. The van der Waals surface area contributed by atoms with E-state index in [4.69, 9.17) is 0 Å². The fourth-order valence-corrected chi connectivity index (χ4v) is 4.11. The van der Waals surface area contributed by atoms with Gasteiger partial charge in [-0.2, -0.15) is 0 Å². The zero-order valence-electron chi connectivity index (χ0n) is 12.6. The molecule has 5 nitrogen and oxygen atoms in total. The number of carbonyl (C=O) groups excluding carboxylic acids is 1. The van der Waals surface area contributed by atoms with Gasteiger partial charge in [-0.25, -0.2) is 17.1 Å². The number of amides is 1. The lowest BCUT2D eigenvalue weighted by Gasteiger charge is -2.31. The zero-order valence-corrected chi connectivity index (χ0v) is 13.4. The lowest BCUT2D eigenvalue weighted by molar-refractivity contribution is 0.0923. The van der Waals surface area contributed by atoms with Crippen molar-refractivity contribution < 1.29 is 17.6 Å². The maximum absolute atomic E-state index is 13.1. The number of halogens is 1. The molecule has 122 valence electrons. The summed E-state index contributed by atoms with van der Waals surface area (Å²) in [5, 5.41) is 2.84. The molecule has 2 rings (SSSR count). The first-order valence-electron chi connectivity index (χ1n) is 7.46. The molecule has 1 fully saturated rings. The Morgan fingerprint density at radius 1 is 1.36 bits per heavy atom. The van der Waals surface area contributed by atoms with E-state index in [0.29, 0.717) is 32.4 Å². The highest BCUT2D eigenvalue weighted by Gasteiger charge is 2.28. The first kappa shape index (κ1) is 16.9. The number of benzene rings is 1. The largest absolute Gasteiger partial charge is 0.349 e. The minimum atomic E-state index is -3.17. The molecule has 1 aliphatic heterocycles. The highest BCUT2D eigenvalue weighted by molar-refractivity contribution is 7.89. The summed E-state index contributed by atoms with van der Waals surface area (Å²) in [5.41, 5.74) is 0.279. The van der Waals surface area contributed by atoms with Gasteiger partial charge in [-0.05, 0) is 37.5 Å². The average Bonchev–Trinajstić information content (AvgIpc) is 2.47. The standard InChI is InChI=1S/C15H21FN2O3S/c1-2-10-22(20,21)18-8-6-14(7-9-18)17-15(19)12-4-3-5-13(16)11-12/h3-5,11,14H,2,6-10H2,1H3,(H,17,19).